The largest absolute Gasteiger partial charge is 0.458 e. The lowest BCUT2D eigenvalue weighted by Gasteiger charge is -2.33. The highest BCUT2D eigenvalue weighted by Gasteiger charge is 2.36. The first kappa shape index (κ1) is 16.3. The van der Waals surface area contributed by atoms with Crippen LogP contribution in [0.3, 0.4) is 0 Å². The Morgan fingerprint density at radius 3 is 3.15 bits per heavy atom. The third kappa shape index (κ3) is 2.94. The zero-order valence-electron chi connectivity index (χ0n) is 14.6. The van der Waals surface area contributed by atoms with E-state index < -0.39 is 0 Å². The molecule has 136 valence electrons. The number of para-hydroxylation sites is 1. The van der Waals surface area contributed by atoms with Crippen LogP contribution in [0.15, 0.2) is 52.8 Å². The van der Waals surface area contributed by atoms with Crippen LogP contribution in [0.5, 0.6) is 0 Å². The third-order valence-corrected chi connectivity index (χ3v) is 5.87. The van der Waals surface area contributed by atoms with E-state index in [2.05, 4.69) is 15.0 Å². The molecule has 0 fully saturated rings. The average Bonchev–Trinajstić information content (AvgIpc) is 3.45. The highest BCUT2D eigenvalue weighted by atomic mass is 32.1. The maximum Gasteiger partial charge on any atom is 0.223 e. The molecule has 0 radical (unpaired) electrons. The number of nitrogens with zero attached hydrogens (tertiary/aromatic N) is 3. The molecule has 6 nitrogen and oxygen atoms in total. The van der Waals surface area contributed by atoms with Crippen molar-refractivity contribution in [3.05, 3.63) is 70.4 Å². The summed E-state index contributed by atoms with van der Waals surface area (Å²) >= 11 is 1.58. The Labute approximate surface area is 159 Å². The molecule has 3 aromatic heterocycles. The van der Waals surface area contributed by atoms with Crippen molar-refractivity contribution in [3.63, 3.8) is 0 Å². The molecule has 0 bridgehead atoms. The SMILES string of the molecule is O=C(CCc1cncs1)N1CCc2[nH]cnc2[C@H]1c1cc2ccccc2o1. The fraction of sp³-hybridized carbons (Fsp3) is 0.250. The molecular weight excluding hydrogens is 360 g/mol. The van der Waals surface area contributed by atoms with Crippen LogP contribution < -0.4 is 0 Å². The Hall–Kier alpha value is -2.93. The highest BCUT2D eigenvalue weighted by Crippen LogP contribution is 2.36. The molecule has 1 aliphatic rings. The number of benzene rings is 1. The molecule has 4 heterocycles. The van der Waals surface area contributed by atoms with Crippen LogP contribution in [0.2, 0.25) is 0 Å². The van der Waals surface area contributed by atoms with Gasteiger partial charge in [0.15, 0.2) is 0 Å². The molecule has 4 aromatic rings. The Balaban J connectivity index is 1.49. The van der Waals surface area contributed by atoms with Gasteiger partial charge in [0.2, 0.25) is 5.91 Å². The topological polar surface area (TPSA) is 75.0 Å². The van der Waals surface area contributed by atoms with Crippen LogP contribution in [-0.2, 0) is 17.6 Å². The number of furan rings is 1. The van der Waals surface area contributed by atoms with Gasteiger partial charge in [0, 0.05) is 41.5 Å². The number of fused-ring (bicyclic) bond motifs is 2. The van der Waals surface area contributed by atoms with Gasteiger partial charge in [-0.05, 0) is 18.6 Å². The minimum atomic E-state index is -0.290. The monoisotopic (exact) mass is 378 g/mol. The molecule has 27 heavy (non-hydrogen) atoms. The number of thiazole rings is 1. The van der Waals surface area contributed by atoms with Gasteiger partial charge in [0.05, 0.1) is 17.5 Å². The van der Waals surface area contributed by atoms with Crippen LogP contribution in [0, 0.1) is 0 Å². The minimum absolute atomic E-state index is 0.113. The number of imidazole rings is 1. The first-order valence-electron chi connectivity index (χ1n) is 8.97. The molecule has 0 unspecified atom stereocenters. The number of aromatic amines is 1. The Kier molecular flexibility index (Phi) is 4.01. The smallest absolute Gasteiger partial charge is 0.223 e. The number of aromatic nitrogens is 3. The number of nitrogens with one attached hydrogen (secondary N) is 1. The number of carbonyl (C=O) groups is 1. The van der Waals surface area contributed by atoms with E-state index in [1.807, 2.05) is 41.4 Å². The zero-order chi connectivity index (χ0) is 18.2. The van der Waals surface area contributed by atoms with Crippen molar-refractivity contribution in [2.24, 2.45) is 0 Å². The Morgan fingerprint density at radius 1 is 1.37 bits per heavy atom. The van der Waals surface area contributed by atoms with Crippen molar-refractivity contribution in [1.82, 2.24) is 19.9 Å². The summed E-state index contributed by atoms with van der Waals surface area (Å²) in [6, 6.07) is 9.64. The predicted octanol–water partition coefficient (Wildman–Crippen LogP) is 3.72. The van der Waals surface area contributed by atoms with Gasteiger partial charge in [-0.25, -0.2) is 4.98 Å². The van der Waals surface area contributed by atoms with Crippen molar-refractivity contribution in [2.45, 2.75) is 25.3 Å². The molecule has 0 saturated heterocycles. The lowest BCUT2D eigenvalue weighted by Crippen LogP contribution is -2.40. The maximum absolute atomic E-state index is 13.1. The summed E-state index contributed by atoms with van der Waals surface area (Å²) in [6.45, 7) is 0.651. The van der Waals surface area contributed by atoms with E-state index in [9.17, 15) is 4.79 Å². The van der Waals surface area contributed by atoms with Crippen molar-refractivity contribution in [3.8, 4) is 0 Å². The summed E-state index contributed by atoms with van der Waals surface area (Å²) in [5, 5.41) is 1.03. The number of hydrogen-bond acceptors (Lipinski definition) is 5. The summed E-state index contributed by atoms with van der Waals surface area (Å²) in [6.07, 6.45) is 5.47. The van der Waals surface area contributed by atoms with Crippen molar-refractivity contribution in [2.75, 3.05) is 6.54 Å². The number of hydrogen-bond donors (Lipinski definition) is 1. The number of rotatable bonds is 4. The second-order valence-corrected chi connectivity index (χ2v) is 7.63. The number of carbonyl (C=O) groups excluding carboxylic acids is 1. The molecule has 1 aliphatic heterocycles. The van der Waals surface area contributed by atoms with Crippen molar-refractivity contribution >= 4 is 28.2 Å². The van der Waals surface area contributed by atoms with E-state index in [1.54, 1.807) is 23.2 Å². The van der Waals surface area contributed by atoms with Gasteiger partial charge in [-0.15, -0.1) is 11.3 Å². The Morgan fingerprint density at radius 2 is 2.30 bits per heavy atom. The Bertz CT molecular complexity index is 1050. The standard InChI is InChI=1S/C20H18N4O2S/c25-18(6-5-14-10-21-12-27-14)24-8-7-15-19(23-11-22-15)20(24)17-9-13-3-1-2-4-16(13)26-17/h1-4,9-12,20H,5-8H2,(H,22,23)/t20-/m1/s1. The molecule has 1 N–H and O–H groups in total. The van der Waals surface area contributed by atoms with Gasteiger partial charge >= 0.3 is 0 Å². The van der Waals surface area contributed by atoms with Gasteiger partial charge < -0.3 is 14.3 Å². The van der Waals surface area contributed by atoms with Gasteiger partial charge in [-0.2, -0.15) is 0 Å². The lowest BCUT2D eigenvalue weighted by molar-refractivity contribution is -0.133. The van der Waals surface area contributed by atoms with Crippen LogP contribution in [-0.4, -0.2) is 32.3 Å². The summed E-state index contributed by atoms with van der Waals surface area (Å²) < 4.78 is 6.11. The van der Waals surface area contributed by atoms with E-state index in [-0.39, 0.29) is 11.9 Å². The predicted molar refractivity (Wildman–Crippen MR) is 102 cm³/mol. The van der Waals surface area contributed by atoms with Gasteiger partial charge in [0.25, 0.3) is 0 Å². The van der Waals surface area contributed by atoms with Crippen LogP contribution in [0.25, 0.3) is 11.0 Å². The molecule has 5 rings (SSSR count). The van der Waals surface area contributed by atoms with E-state index in [0.29, 0.717) is 19.4 Å². The molecule has 0 saturated carbocycles. The van der Waals surface area contributed by atoms with E-state index in [4.69, 9.17) is 4.42 Å². The summed E-state index contributed by atoms with van der Waals surface area (Å²) in [5.74, 6) is 0.873. The maximum atomic E-state index is 13.1. The fourth-order valence-electron chi connectivity index (χ4n) is 3.71. The van der Waals surface area contributed by atoms with Gasteiger partial charge in [0.1, 0.15) is 17.4 Å². The van der Waals surface area contributed by atoms with E-state index >= 15 is 0 Å². The molecule has 1 atom stereocenters. The molecule has 1 amide bonds. The van der Waals surface area contributed by atoms with Crippen molar-refractivity contribution in [1.29, 1.82) is 0 Å². The second-order valence-electron chi connectivity index (χ2n) is 6.66. The van der Waals surface area contributed by atoms with Gasteiger partial charge in [-0.3, -0.25) is 9.78 Å². The van der Waals surface area contributed by atoms with Crippen LogP contribution >= 0.6 is 11.3 Å². The fourth-order valence-corrected chi connectivity index (χ4v) is 4.31. The molecule has 1 aromatic carbocycles. The highest BCUT2D eigenvalue weighted by molar-refractivity contribution is 7.09. The van der Waals surface area contributed by atoms with E-state index in [1.165, 1.54) is 0 Å². The molecule has 0 aliphatic carbocycles. The van der Waals surface area contributed by atoms with Gasteiger partial charge in [-0.1, -0.05) is 18.2 Å². The molecule has 7 heteroatoms. The second kappa shape index (κ2) is 6.66. The number of aryl methyl sites for hydroxylation is 1. The quantitative estimate of drug-likeness (QED) is 0.587. The van der Waals surface area contributed by atoms with Crippen LogP contribution in [0.4, 0.5) is 0 Å². The lowest BCUT2D eigenvalue weighted by atomic mass is 9.99. The first-order valence-corrected chi connectivity index (χ1v) is 9.85. The molecular formula is C20H18N4O2S. The summed E-state index contributed by atoms with van der Waals surface area (Å²) in [7, 11) is 0. The number of H-pyrrole nitrogens is 1. The van der Waals surface area contributed by atoms with Crippen molar-refractivity contribution < 1.29 is 9.21 Å². The summed E-state index contributed by atoms with van der Waals surface area (Å²) in [4.78, 5) is 27.9. The minimum Gasteiger partial charge on any atom is -0.458 e. The third-order valence-electron chi connectivity index (χ3n) is 5.03. The summed E-state index contributed by atoms with van der Waals surface area (Å²) in [5.41, 5.74) is 4.58. The van der Waals surface area contributed by atoms with Crippen LogP contribution in [0.1, 0.15) is 34.5 Å². The normalized spacial score (nSPS) is 16.6. The zero-order valence-corrected chi connectivity index (χ0v) is 15.4. The first-order chi connectivity index (χ1) is 13.3. The number of amides is 1. The molecule has 0 spiro atoms. The average molecular weight is 378 g/mol. The van der Waals surface area contributed by atoms with E-state index in [0.717, 1.165) is 39.4 Å².